The minimum absolute atomic E-state index is 0.302. The van der Waals surface area contributed by atoms with E-state index in [-0.39, 0.29) is 6.09 Å². The van der Waals surface area contributed by atoms with Gasteiger partial charge in [0.15, 0.2) is 0 Å². The van der Waals surface area contributed by atoms with E-state index in [1.807, 2.05) is 6.92 Å². The molecular formula is C8H17NO2. The molecule has 0 rings (SSSR count). The van der Waals surface area contributed by atoms with Gasteiger partial charge in [0.05, 0.1) is 6.61 Å². The van der Waals surface area contributed by atoms with Gasteiger partial charge in [0, 0.05) is 6.54 Å². The number of carbonyl (C=O) groups excluding carboxylic acids is 1. The third-order valence-electron chi connectivity index (χ3n) is 1.30. The van der Waals surface area contributed by atoms with E-state index < -0.39 is 0 Å². The molecule has 0 aliphatic heterocycles. The Labute approximate surface area is 68.1 Å². The van der Waals surface area contributed by atoms with Gasteiger partial charge in [-0.2, -0.15) is 0 Å². The maximum Gasteiger partial charge on any atom is 0.407 e. The number of hydrogen-bond donors (Lipinski definition) is 1. The lowest BCUT2D eigenvalue weighted by atomic mass is 10.3. The number of nitrogens with one attached hydrogen (secondary N) is 1. The SMILES string of the molecule is CCCCCOC(=O)NCC. The first-order valence-electron chi connectivity index (χ1n) is 4.21. The Morgan fingerprint density at radius 2 is 2.09 bits per heavy atom. The predicted octanol–water partition coefficient (Wildman–Crippen LogP) is 1.92. The topological polar surface area (TPSA) is 38.3 Å². The van der Waals surface area contributed by atoms with Crippen LogP contribution in [0.4, 0.5) is 4.79 Å². The lowest BCUT2D eigenvalue weighted by molar-refractivity contribution is 0.144. The Hall–Kier alpha value is -0.730. The standard InChI is InChI=1S/C8H17NO2/c1-3-5-6-7-11-8(10)9-4-2/h3-7H2,1-2H3,(H,9,10). The van der Waals surface area contributed by atoms with Crippen molar-refractivity contribution in [1.82, 2.24) is 5.32 Å². The Bertz CT molecular complexity index is 104. The van der Waals surface area contributed by atoms with Crippen LogP contribution in [0.15, 0.2) is 0 Å². The Morgan fingerprint density at radius 3 is 2.64 bits per heavy atom. The summed E-state index contributed by atoms with van der Waals surface area (Å²) in [5.74, 6) is 0. The number of ether oxygens (including phenoxy) is 1. The second-order valence-corrected chi connectivity index (χ2v) is 2.37. The highest BCUT2D eigenvalue weighted by molar-refractivity contribution is 5.66. The normalized spacial score (nSPS) is 9.27. The van der Waals surface area contributed by atoms with E-state index in [9.17, 15) is 4.79 Å². The fraction of sp³-hybridized carbons (Fsp3) is 0.875. The molecule has 11 heavy (non-hydrogen) atoms. The minimum atomic E-state index is -0.302. The first-order valence-corrected chi connectivity index (χ1v) is 4.21. The fourth-order valence-corrected chi connectivity index (χ4v) is 0.712. The van der Waals surface area contributed by atoms with Crippen LogP contribution in [-0.4, -0.2) is 19.2 Å². The van der Waals surface area contributed by atoms with Gasteiger partial charge >= 0.3 is 6.09 Å². The number of rotatable bonds is 5. The molecule has 0 saturated heterocycles. The molecule has 0 radical (unpaired) electrons. The summed E-state index contributed by atoms with van der Waals surface area (Å²) in [7, 11) is 0. The molecule has 0 aromatic rings. The molecule has 0 spiro atoms. The molecule has 3 heteroatoms. The molecule has 66 valence electrons. The molecule has 1 amide bonds. The second-order valence-electron chi connectivity index (χ2n) is 2.37. The van der Waals surface area contributed by atoms with Crippen LogP contribution in [-0.2, 0) is 4.74 Å². The Balaban J connectivity index is 3.04. The zero-order valence-corrected chi connectivity index (χ0v) is 7.35. The number of alkyl carbamates (subject to hydrolysis) is 1. The summed E-state index contributed by atoms with van der Waals surface area (Å²) in [5, 5.41) is 2.56. The van der Waals surface area contributed by atoms with E-state index in [4.69, 9.17) is 4.74 Å². The highest BCUT2D eigenvalue weighted by atomic mass is 16.5. The summed E-state index contributed by atoms with van der Waals surface area (Å²) in [6, 6.07) is 0. The van der Waals surface area contributed by atoms with Crippen LogP contribution in [0.3, 0.4) is 0 Å². The van der Waals surface area contributed by atoms with Gasteiger partial charge in [-0.15, -0.1) is 0 Å². The molecule has 0 atom stereocenters. The van der Waals surface area contributed by atoms with Gasteiger partial charge in [0.1, 0.15) is 0 Å². The highest BCUT2D eigenvalue weighted by Crippen LogP contribution is 1.93. The van der Waals surface area contributed by atoms with E-state index >= 15 is 0 Å². The second kappa shape index (κ2) is 7.38. The van der Waals surface area contributed by atoms with Gasteiger partial charge in [0.2, 0.25) is 0 Å². The average molecular weight is 159 g/mol. The zero-order valence-electron chi connectivity index (χ0n) is 7.35. The molecule has 0 aliphatic rings. The van der Waals surface area contributed by atoms with Crippen LogP contribution in [0.5, 0.6) is 0 Å². The van der Waals surface area contributed by atoms with Crippen molar-refractivity contribution >= 4 is 6.09 Å². The van der Waals surface area contributed by atoms with Gasteiger partial charge in [-0.25, -0.2) is 4.79 Å². The molecule has 0 fully saturated rings. The number of unbranched alkanes of at least 4 members (excludes halogenated alkanes) is 2. The van der Waals surface area contributed by atoms with Crippen molar-refractivity contribution in [2.45, 2.75) is 33.1 Å². The largest absolute Gasteiger partial charge is 0.450 e. The molecule has 1 N–H and O–H groups in total. The van der Waals surface area contributed by atoms with Gasteiger partial charge in [0.25, 0.3) is 0 Å². The number of amides is 1. The molecule has 0 saturated carbocycles. The maximum absolute atomic E-state index is 10.7. The van der Waals surface area contributed by atoms with Crippen molar-refractivity contribution in [2.24, 2.45) is 0 Å². The van der Waals surface area contributed by atoms with E-state index in [2.05, 4.69) is 12.2 Å². The molecular weight excluding hydrogens is 142 g/mol. The van der Waals surface area contributed by atoms with Crippen LogP contribution in [0.25, 0.3) is 0 Å². The first-order chi connectivity index (χ1) is 5.31. The van der Waals surface area contributed by atoms with Crippen LogP contribution in [0, 0.1) is 0 Å². The van der Waals surface area contributed by atoms with Crippen molar-refractivity contribution in [1.29, 1.82) is 0 Å². The Kier molecular flexibility index (Phi) is 6.89. The maximum atomic E-state index is 10.7. The molecule has 0 aromatic heterocycles. The monoisotopic (exact) mass is 159 g/mol. The Morgan fingerprint density at radius 1 is 1.36 bits per heavy atom. The molecule has 0 bridgehead atoms. The third kappa shape index (κ3) is 7.16. The van der Waals surface area contributed by atoms with Crippen molar-refractivity contribution in [3.8, 4) is 0 Å². The van der Waals surface area contributed by atoms with Gasteiger partial charge < -0.3 is 10.1 Å². The summed E-state index contributed by atoms with van der Waals surface area (Å²) in [5.41, 5.74) is 0. The van der Waals surface area contributed by atoms with Gasteiger partial charge in [-0.1, -0.05) is 19.8 Å². The van der Waals surface area contributed by atoms with Crippen molar-refractivity contribution in [3.05, 3.63) is 0 Å². The predicted molar refractivity (Wildman–Crippen MR) is 44.5 cm³/mol. The van der Waals surface area contributed by atoms with Gasteiger partial charge in [-0.05, 0) is 13.3 Å². The lowest BCUT2D eigenvalue weighted by Gasteiger charge is -2.03. The zero-order chi connectivity index (χ0) is 8.53. The smallest absolute Gasteiger partial charge is 0.407 e. The molecule has 0 unspecified atom stereocenters. The van der Waals surface area contributed by atoms with Crippen LogP contribution in [0.2, 0.25) is 0 Å². The van der Waals surface area contributed by atoms with Crippen molar-refractivity contribution in [3.63, 3.8) is 0 Å². The summed E-state index contributed by atoms with van der Waals surface area (Å²) < 4.78 is 4.83. The van der Waals surface area contributed by atoms with Crippen LogP contribution < -0.4 is 5.32 Å². The fourth-order valence-electron chi connectivity index (χ4n) is 0.712. The van der Waals surface area contributed by atoms with E-state index in [0.29, 0.717) is 13.2 Å². The summed E-state index contributed by atoms with van der Waals surface area (Å²) in [6.07, 6.45) is 2.94. The van der Waals surface area contributed by atoms with E-state index in [1.54, 1.807) is 0 Å². The summed E-state index contributed by atoms with van der Waals surface area (Å²) in [4.78, 5) is 10.7. The molecule has 0 aromatic carbocycles. The van der Waals surface area contributed by atoms with Crippen LogP contribution >= 0.6 is 0 Å². The molecule has 3 nitrogen and oxygen atoms in total. The lowest BCUT2D eigenvalue weighted by Crippen LogP contribution is -2.23. The summed E-state index contributed by atoms with van der Waals surface area (Å²) >= 11 is 0. The third-order valence-corrected chi connectivity index (χ3v) is 1.30. The molecule has 0 heterocycles. The average Bonchev–Trinajstić information content (AvgIpc) is 1.99. The van der Waals surface area contributed by atoms with Crippen molar-refractivity contribution < 1.29 is 9.53 Å². The highest BCUT2D eigenvalue weighted by Gasteiger charge is 1.96. The minimum Gasteiger partial charge on any atom is -0.450 e. The van der Waals surface area contributed by atoms with E-state index in [1.165, 1.54) is 0 Å². The molecule has 0 aliphatic carbocycles. The number of hydrogen-bond acceptors (Lipinski definition) is 2. The first kappa shape index (κ1) is 10.3. The van der Waals surface area contributed by atoms with Crippen LogP contribution in [0.1, 0.15) is 33.1 Å². The quantitative estimate of drug-likeness (QED) is 0.622. The van der Waals surface area contributed by atoms with Crippen molar-refractivity contribution in [2.75, 3.05) is 13.2 Å². The van der Waals surface area contributed by atoms with E-state index in [0.717, 1.165) is 19.3 Å². The summed E-state index contributed by atoms with van der Waals surface area (Å²) in [6.45, 7) is 5.16. The van der Waals surface area contributed by atoms with Gasteiger partial charge in [-0.3, -0.25) is 0 Å². The number of carbonyl (C=O) groups is 1.